The Labute approximate surface area is 72.8 Å². The number of rotatable bonds is 0. The third-order valence-corrected chi connectivity index (χ3v) is 1.75. The fourth-order valence-electron chi connectivity index (χ4n) is 0.884. The van der Waals surface area contributed by atoms with Crippen LogP contribution in [0.4, 0.5) is 0 Å². The van der Waals surface area contributed by atoms with Crippen LogP contribution in [0.2, 0.25) is 0 Å². The Balaban J connectivity index is 2.82. The van der Waals surface area contributed by atoms with Crippen molar-refractivity contribution in [2.45, 2.75) is 0 Å². The van der Waals surface area contributed by atoms with Crippen LogP contribution in [-0.4, -0.2) is 22.8 Å². The van der Waals surface area contributed by atoms with Crippen molar-refractivity contribution < 1.29 is 0 Å². The van der Waals surface area contributed by atoms with Gasteiger partial charge in [-0.15, -0.1) is 0 Å². The zero-order valence-electron chi connectivity index (χ0n) is 5.50. The summed E-state index contributed by atoms with van der Waals surface area (Å²) in [6.45, 7) is 0. The number of halogens is 1. The number of H-pyrrole nitrogens is 1. The third-order valence-electron chi connectivity index (χ3n) is 1.32. The Morgan fingerprint density at radius 3 is 3.18 bits per heavy atom. The molecule has 52 valence electrons. The summed E-state index contributed by atoms with van der Waals surface area (Å²) in [4.78, 5) is 11.1. The van der Waals surface area contributed by atoms with Crippen molar-refractivity contribution in [2.75, 3.05) is 0 Å². The predicted octanol–water partition coefficient (Wildman–Crippen LogP) is 0.514. The number of fused-ring (bicyclic) bond motifs is 1. The first-order valence-corrected chi connectivity index (χ1v) is 3.82. The van der Waals surface area contributed by atoms with Gasteiger partial charge >= 0.3 is 0 Å². The Hall–Kier alpha value is -0.835. The SMILES string of the molecule is [B]c1cnc2[nH]c(Br)cc2n1. The van der Waals surface area contributed by atoms with Gasteiger partial charge in [0, 0.05) is 11.8 Å². The van der Waals surface area contributed by atoms with Crippen molar-refractivity contribution in [1.29, 1.82) is 0 Å². The highest BCUT2D eigenvalue weighted by atomic mass is 79.9. The molecule has 0 spiro atoms. The van der Waals surface area contributed by atoms with E-state index in [1.165, 1.54) is 6.20 Å². The second-order valence-corrected chi connectivity index (χ2v) is 3.00. The topological polar surface area (TPSA) is 41.6 Å². The predicted molar refractivity (Wildman–Crippen MR) is 47.0 cm³/mol. The first-order chi connectivity index (χ1) is 5.25. The van der Waals surface area contributed by atoms with Crippen LogP contribution in [-0.2, 0) is 0 Å². The molecule has 0 aliphatic heterocycles. The average Bonchev–Trinajstić information content (AvgIpc) is 2.27. The maximum absolute atomic E-state index is 5.43. The van der Waals surface area contributed by atoms with Crippen LogP contribution < -0.4 is 5.59 Å². The molecule has 0 aromatic carbocycles. The van der Waals surface area contributed by atoms with Crippen LogP contribution in [0.15, 0.2) is 16.9 Å². The van der Waals surface area contributed by atoms with Crippen LogP contribution in [0.25, 0.3) is 11.2 Å². The van der Waals surface area contributed by atoms with Gasteiger partial charge in [0.2, 0.25) is 0 Å². The molecule has 2 rings (SSSR count). The molecule has 0 saturated carbocycles. The highest BCUT2D eigenvalue weighted by Crippen LogP contribution is 2.13. The molecule has 3 nitrogen and oxygen atoms in total. The first kappa shape index (κ1) is 6.85. The van der Waals surface area contributed by atoms with Gasteiger partial charge in [-0.2, -0.15) is 0 Å². The minimum atomic E-state index is 0.434. The molecule has 0 aliphatic carbocycles. The van der Waals surface area contributed by atoms with E-state index >= 15 is 0 Å². The average molecular weight is 208 g/mol. The maximum atomic E-state index is 5.43. The summed E-state index contributed by atoms with van der Waals surface area (Å²) in [7, 11) is 5.43. The minimum Gasteiger partial charge on any atom is -0.333 e. The Morgan fingerprint density at radius 1 is 1.55 bits per heavy atom. The van der Waals surface area contributed by atoms with Gasteiger partial charge in [0.25, 0.3) is 0 Å². The maximum Gasteiger partial charge on any atom is 0.156 e. The van der Waals surface area contributed by atoms with Crippen molar-refractivity contribution in [3.8, 4) is 0 Å². The molecule has 0 saturated heterocycles. The van der Waals surface area contributed by atoms with Gasteiger partial charge in [-0.05, 0) is 22.0 Å². The Kier molecular flexibility index (Phi) is 1.46. The summed E-state index contributed by atoms with van der Waals surface area (Å²) in [5.41, 5.74) is 1.95. The summed E-state index contributed by atoms with van der Waals surface area (Å²) in [5, 5.41) is 0. The number of hydrogen-bond donors (Lipinski definition) is 1. The van der Waals surface area contributed by atoms with Crippen molar-refractivity contribution in [2.24, 2.45) is 0 Å². The highest BCUT2D eigenvalue weighted by molar-refractivity contribution is 9.10. The molecule has 5 heteroatoms. The molecule has 1 N–H and O–H groups in total. The molecule has 0 aliphatic rings. The Bertz CT molecular complexity index is 398. The second-order valence-electron chi connectivity index (χ2n) is 2.15. The zero-order valence-corrected chi connectivity index (χ0v) is 7.09. The monoisotopic (exact) mass is 207 g/mol. The molecule has 2 aromatic rings. The van der Waals surface area contributed by atoms with Crippen LogP contribution in [0.3, 0.4) is 0 Å². The molecular weight excluding hydrogens is 205 g/mol. The van der Waals surface area contributed by atoms with Crippen LogP contribution in [0.1, 0.15) is 0 Å². The van der Waals surface area contributed by atoms with Crippen LogP contribution in [0.5, 0.6) is 0 Å². The van der Waals surface area contributed by atoms with Gasteiger partial charge in [0.1, 0.15) is 13.4 Å². The normalized spacial score (nSPS) is 10.6. The van der Waals surface area contributed by atoms with Crippen LogP contribution >= 0.6 is 15.9 Å². The van der Waals surface area contributed by atoms with Gasteiger partial charge in [-0.3, -0.25) is 4.98 Å². The van der Waals surface area contributed by atoms with Gasteiger partial charge in [0.05, 0.1) is 4.60 Å². The van der Waals surface area contributed by atoms with Crippen molar-refractivity contribution in [3.63, 3.8) is 0 Å². The summed E-state index contributed by atoms with van der Waals surface area (Å²) < 4.78 is 0.859. The van der Waals surface area contributed by atoms with E-state index in [4.69, 9.17) is 7.85 Å². The van der Waals surface area contributed by atoms with Crippen molar-refractivity contribution in [1.82, 2.24) is 15.0 Å². The number of hydrogen-bond acceptors (Lipinski definition) is 2. The van der Waals surface area contributed by atoms with E-state index in [1.807, 2.05) is 6.07 Å². The van der Waals surface area contributed by atoms with Crippen molar-refractivity contribution in [3.05, 3.63) is 16.9 Å². The first-order valence-electron chi connectivity index (χ1n) is 3.02. The summed E-state index contributed by atoms with van der Waals surface area (Å²) in [6.07, 6.45) is 1.52. The van der Waals surface area contributed by atoms with E-state index in [0.717, 1.165) is 15.8 Å². The number of nitrogens with one attached hydrogen (secondary N) is 1. The van der Waals surface area contributed by atoms with Gasteiger partial charge in [-0.25, -0.2) is 4.98 Å². The summed E-state index contributed by atoms with van der Waals surface area (Å²) in [6, 6.07) is 1.83. The second kappa shape index (κ2) is 2.34. The summed E-state index contributed by atoms with van der Waals surface area (Å²) >= 11 is 3.27. The quantitative estimate of drug-likeness (QED) is 0.640. The molecule has 0 bridgehead atoms. The smallest absolute Gasteiger partial charge is 0.156 e. The standard InChI is InChI=1S/C6H3BBrN3/c7-4-2-9-6-3(10-4)1-5(8)11-6/h1-2H,(H,9,11). The van der Waals surface area contributed by atoms with E-state index in [9.17, 15) is 0 Å². The van der Waals surface area contributed by atoms with E-state index in [-0.39, 0.29) is 0 Å². The summed E-state index contributed by atoms with van der Waals surface area (Å²) in [5.74, 6) is 0. The molecule has 2 radical (unpaired) electrons. The molecule has 2 heterocycles. The fraction of sp³-hybridized carbons (Fsp3) is 0. The molecule has 2 aromatic heterocycles. The molecule has 0 amide bonds. The number of aromatic amines is 1. The third kappa shape index (κ3) is 1.16. The molecule has 0 fully saturated rings. The van der Waals surface area contributed by atoms with Gasteiger partial charge in [-0.1, -0.05) is 0 Å². The lowest BCUT2D eigenvalue weighted by Crippen LogP contribution is -2.07. The van der Waals surface area contributed by atoms with Crippen molar-refractivity contribution >= 4 is 40.5 Å². The van der Waals surface area contributed by atoms with Gasteiger partial charge < -0.3 is 4.98 Å². The lowest BCUT2D eigenvalue weighted by atomic mass is 10.1. The highest BCUT2D eigenvalue weighted by Gasteiger charge is 1.99. The molecule has 11 heavy (non-hydrogen) atoms. The largest absolute Gasteiger partial charge is 0.333 e. The van der Waals surface area contributed by atoms with Gasteiger partial charge in [0.15, 0.2) is 5.65 Å². The number of aromatic nitrogens is 3. The Morgan fingerprint density at radius 2 is 2.36 bits per heavy atom. The van der Waals surface area contributed by atoms with Crippen LogP contribution in [0, 0.1) is 0 Å². The number of nitrogens with zero attached hydrogens (tertiary/aromatic N) is 2. The molecule has 0 unspecified atom stereocenters. The zero-order chi connectivity index (χ0) is 7.84. The fourth-order valence-corrected chi connectivity index (χ4v) is 1.29. The van der Waals surface area contributed by atoms with E-state index in [1.54, 1.807) is 0 Å². The lowest BCUT2D eigenvalue weighted by Gasteiger charge is -1.89. The van der Waals surface area contributed by atoms with E-state index in [2.05, 4.69) is 30.9 Å². The van der Waals surface area contributed by atoms with E-state index in [0.29, 0.717) is 5.59 Å². The van der Waals surface area contributed by atoms with E-state index < -0.39 is 0 Å². The minimum absolute atomic E-state index is 0.434. The lowest BCUT2D eigenvalue weighted by molar-refractivity contribution is 1.28. The molecule has 0 atom stereocenters. The molecular formula is C6H3BBrN3.